The minimum atomic E-state index is 0.694. The molecule has 0 fully saturated rings. The lowest BCUT2D eigenvalue weighted by molar-refractivity contribution is 1.05. The average molecular weight is 261 g/mol. The number of rotatable bonds is 2. The molecule has 0 amide bonds. The fraction of sp³-hybridized carbons (Fsp3) is 0.154. The number of halogens is 1. The number of aromatic amines is 2. The number of H-pyrrole nitrogens is 2. The van der Waals surface area contributed by atoms with E-state index in [4.69, 9.17) is 11.6 Å². The SMILES string of the molecule is Cc1cc(Nc2cc(Cl)cc3[nH]c(C)cc23)n[nH]1. The molecular weight excluding hydrogens is 248 g/mol. The predicted octanol–water partition coefficient (Wildman–Crippen LogP) is 3.90. The van der Waals surface area contributed by atoms with E-state index < -0.39 is 0 Å². The van der Waals surface area contributed by atoms with Crippen LogP contribution in [0.3, 0.4) is 0 Å². The molecule has 0 spiro atoms. The molecule has 92 valence electrons. The zero-order valence-corrected chi connectivity index (χ0v) is 10.9. The topological polar surface area (TPSA) is 56.5 Å². The van der Waals surface area contributed by atoms with Gasteiger partial charge in [-0.2, -0.15) is 5.10 Å². The fourth-order valence-electron chi connectivity index (χ4n) is 2.07. The van der Waals surface area contributed by atoms with Gasteiger partial charge in [0.25, 0.3) is 0 Å². The van der Waals surface area contributed by atoms with Crippen LogP contribution in [0, 0.1) is 13.8 Å². The van der Waals surface area contributed by atoms with E-state index in [0.29, 0.717) is 5.02 Å². The van der Waals surface area contributed by atoms with Crippen molar-refractivity contribution in [1.29, 1.82) is 0 Å². The van der Waals surface area contributed by atoms with Gasteiger partial charge in [-0.1, -0.05) is 11.6 Å². The minimum absolute atomic E-state index is 0.694. The Morgan fingerprint density at radius 2 is 1.94 bits per heavy atom. The molecule has 0 saturated heterocycles. The smallest absolute Gasteiger partial charge is 0.152 e. The van der Waals surface area contributed by atoms with Crippen molar-refractivity contribution in [1.82, 2.24) is 15.2 Å². The molecular formula is C13H13ClN4. The molecule has 0 saturated carbocycles. The first kappa shape index (κ1) is 11.2. The van der Waals surface area contributed by atoms with Crippen molar-refractivity contribution in [2.24, 2.45) is 0 Å². The molecule has 0 bridgehead atoms. The molecule has 2 heterocycles. The Hall–Kier alpha value is -1.94. The zero-order valence-electron chi connectivity index (χ0n) is 10.1. The van der Waals surface area contributed by atoms with Gasteiger partial charge in [-0.15, -0.1) is 0 Å². The number of benzene rings is 1. The lowest BCUT2D eigenvalue weighted by Crippen LogP contribution is -1.91. The summed E-state index contributed by atoms with van der Waals surface area (Å²) in [7, 11) is 0. The highest BCUT2D eigenvalue weighted by atomic mass is 35.5. The number of nitrogens with zero attached hydrogens (tertiary/aromatic N) is 1. The molecule has 2 aromatic heterocycles. The molecule has 0 aliphatic heterocycles. The second-order valence-corrected chi connectivity index (χ2v) is 4.86. The summed E-state index contributed by atoms with van der Waals surface area (Å²) in [6.45, 7) is 3.99. The van der Waals surface area contributed by atoms with Gasteiger partial charge >= 0.3 is 0 Å². The van der Waals surface area contributed by atoms with Crippen LogP contribution >= 0.6 is 11.6 Å². The quantitative estimate of drug-likeness (QED) is 0.654. The third-order valence-corrected chi connectivity index (χ3v) is 3.02. The van der Waals surface area contributed by atoms with Crippen molar-refractivity contribution in [2.45, 2.75) is 13.8 Å². The molecule has 0 unspecified atom stereocenters. The highest BCUT2D eigenvalue weighted by Crippen LogP contribution is 2.30. The molecule has 5 heteroatoms. The molecule has 4 nitrogen and oxygen atoms in total. The Balaban J connectivity index is 2.10. The number of aromatic nitrogens is 3. The maximum Gasteiger partial charge on any atom is 0.152 e. The molecule has 1 aromatic carbocycles. The van der Waals surface area contributed by atoms with Crippen molar-refractivity contribution in [3.05, 3.63) is 40.7 Å². The number of aryl methyl sites for hydroxylation is 2. The van der Waals surface area contributed by atoms with Gasteiger partial charge in [-0.3, -0.25) is 5.10 Å². The van der Waals surface area contributed by atoms with E-state index in [2.05, 4.69) is 26.6 Å². The Labute approximate surface area is 109 Å². The highest BCUT2D eigenvalue weighted by molar-refractivity contribution is 6.31. The van der Waals surface area contributed by atoms with Crippen LogP contribution in [0.5, 0.6) is 0 Å². The number of hydrogen-bond donors (Lipinski definition) is 3. The maximum atomic E-state index is 6.12. The number of nitrogens with one attached hydrogen (secondary N) is 3. The second-order valence-electron chi connectivity index (χ2n) is 4.43. The van der Waals surface area contributed by atoms with Gasteiger partial charge in [0.1, 0.15) is 0 Å². The molecule has 0 aliphatic rings. The Morgan fingerprint density at radius 1 is 1.11 bits per heavy atom. The molecule has 3 rings (SSSR count). The maximum absolute atomic E-state index is 6.12. The lowest BCUT2D eigenvalue weighted by Gasteiger charge is -2.05. The molecule has 0 radical (unpaired) electrons. The molecule has 3 aromatic rings. The Bertz CT molecular complexity index is 711. The monoisotopic (exact) mass is 260 g/mol. The lowest BCUT2D eigenvalue weighted by atomic mass is 10.2. The summed E-state index contributed by atoms with van der Waals surface area (Å²) < 4.78 is 0. The van der Waals surface area contributed by atoms with E-state index in [9.17, 15) is 0 Å². The van der Waals surface area contributed by atoms with Gasteiger partial charge in [0, 0.05) is 33.4 Å². The summed E-state index contributed by atoms with van der Waals surface area (Å²) >= 11 is 6.12. The standard InChI is InChI=1S/C13H13ClN4/c1-7-3-10-11(15-7)5-9(14)6-12(10)16-13-4-8(2)17-18-13/h3-6,15H,1-2H3,(H2,16,17,18). The van der Waals surface area contributed by atoms with Gasteiger partial charge in [0.15, 0.2) is 5.82 Å². The van der Waals surface area contributed by atoms with Crippen molar-refractivity contribution >= 4 is 34.0 Å². The van der Waals surface area contributed by atoms with E-state index in [1.807, 2.05) is 32.0 Å². The first-order valence-electron chi connectivity index (χ1n) is 5.70. The first-order chi connectivity index (χ1) is 8.61. The third-order valence-electron chi connectivity index (χ3n) is 2.81. The van der Waals surface area contributed by atoms with Crippen LogP contribution in [0.4, 0.5) is 11.5 Å². The largest absolute Gasteiger partial charge is 0.359 e. The van der Waals surface area contributed by atoms with Crippen LogP contribution in [-0.4, -0.2) is 15.2 Å². The number of fused-ring (bicyclic) bond motifs is 1. The second kappa shape index (κ2) is 4.07. The van der Waals surface area contributed by atoms with Crippen LogP contribution in [0.25, 0.3) is 10.9 Å². The minimum Gasteiger partial charge on any atom is -0.359 e. The van der Waals surface area contributed by atoms with Crippen LogP contribution in [0.1, 0.15) is 11.4 Å². The van der Waals surface area contributed by atoms with Gasteiger partial charge < -0.3 is 10.3 Å². The normalized spacial score (nSPS) is 11.1. The average Bonchev–Trinajstić information content (AvgIpc) is 2.84. The van der Waals surface area contributed by atoms with E-state index in [1.54, 1.807) is 0 Å². The van der Waals surface area contributed by atoms with Crippen molar-refractivity contribution in [3.63, 3.8) is 0 Å². The van der Waals surface area contributed by atoms with Crippen LogP contribution in [-0.2, 0) is 0 Å². The zero-order chi connectivity index (χ0) is 12.7. The van der Waals surface area contributed by atoms with E-state index >= 15 is 0 Å². The van der Waals surface area contributed by atoms with Crippen molar-refractivity contribution in [3.8, 4) is 0 Å². The summed E-state index contributed by atoms with van der Waals surface area (Å²) in [5.41, 5.74) is 4.10. The predicted molar refractivity (Wildman–Crippen MR) is 74.7 cm³/mol. The Morgan fingerprint density at radius 3 is 2.67 bits per heavy atom. The van der Waals surface area contributed by atoms with E-state index in [-0.39, 0.29) is 0 Å². The third kappa shape index (κ3) is 1.95. The van der Waals surface area contributed by atoms with Gasteiger partial charge in [0.05, 0.1) is 5.69 Å². The highest BCUT2D eigenvalue weighted by Gasteiger charge is 2.07. The van der Waals surface area contributed by atoms with E-state index in [0.717, 1.165) is 33.8 Å². The fourth-order valence-corrected chi connectivity index (χ4v) is 2.28. The van der Waals surface area contributed by atoms with Crippen LogP contribution < -0.4 is 5.32 Å². The van der Waals surface area contributed by atoms with E-state index in [1.165, 1.54) is 0 Å². The molecule has 0 atom stereocenters. The molecule has 3 N–H and O–H groups in total. The number of anilines is 2. The summed E-state index contributed by atoms with van der Waals surface area (Å²) in [6.07, 6.45) is 0. The number of hydrogen-bond acceptors (Lipinski definition) is 2. The summed E-state index contributed by atoms with van der Waals surface area (Å²) in [4.78, 5) is 3.28. The van der Waals surface area contributed by atoms with Gasteiger partial charge in [-0.25, -0.2) is 0 Å². The molecule has 18 heavy (non-hydrogen) atoms. The van der Waals surface area contributed by atoms with Crippen molar-refractivity contribution < 1.29 is 0 Å². The summed E-state index contributed by atoms with van der Waals surface area (Å²) in [6, 6.07) is 7.87. The summed E-state index contributed by atoms with van der Waals surface area (Å²) in [5, 5.41) is 12.1. The first-order valence-corrected chi connectivity index (χ1v) is 6.07. The summed E-state index contributed by atoms with van der Waals surface area (Å²) in [5.74, 6) is 0.787. The van der Waals surface area contributed by atoms with Crippen molar-refractivity contribution in [2.75, 3.05) is 5.32 Å². The molecule has 0 aliphatic carbocycles. The van der Waals surface area contributed by atoms with Gasteiger partial charge in [0.2, 0.25) is 0 Å². The van der Waals surface area contributed by atoms with Gasteiger partial charge in [-0.05, 0) is 32.0 Å². The Kier molecular flexibility index (Phi) is 2.52. The van der Waals surface area contributed by atoms with Crippen LogP contribution in [0.15, 0.2) is 24.3 Å². The van der Waals surface area contributed by atoms with Crippen LogP contribution in [0.2, 0.25) is 5.02 Å².